The second-order valence-electron chi connectivity index (χ2n) is 6.90. The quantitative estimate of drug-likeness (QED) is 0.843. The number of hydrogen-bond donors (Lipinski definition) is 1. The van der Waals surface area contributed by atoms with E-state index in [0.29, 0.717) is 5.92 Å². The van der Waals surface area contributed by atoms with E-state index in [9.17, 15) is 9.59 Å². The number of fused-ring (bicyclic) bond motifs is 1. The number of carbonyl (C=O) groups is 2. The number of nitrogens with one attached hydrogen (secondary N) is 1. The Bertz CT molecular complexity index is 811. The van der Waals surface area contributed by atoms with E-state index in [0.717, 1.165) is 16.0 Å². The van der Waals surface area contributed by atoms with Crippen molar-refractivity contribution in [1.82, 2.24) is 10.2 Å². The van der Waals surface area contributed by atoms with Crippen LogP contribution in [0.3, 0.4) is 0 Å². The van der Waals surface area contributed by atoms with E-state index in [-0.39, 0.29) is 30.3 Å². The third-order valence-corrected chi connectivity index (χ3v) is 5.64. The molecule has 26 heavy (non-hydrogen) atoms. The van der Waals surface area contributed by atoms with Crippen molar-refractivity contribution in [1.29, 1.82) is 0 Å². The predicted octanol–water partition coefficient (Wildman–Crippen LogP) is 4.53. The molecule has 4 nitrogen and oxygen atoms in total. The topological polar surface area (TPSA) is 49.4 Å². The second kappa shape index (κ2) is 7.87. The van der Waals surface area contributed by atoms with Crippen molar-refractivity contribution in [2.75, 3.05) is 0 Å². The van der Waals surface area contributed by atoms with E-state index < -0.39 is 0 Å². The molecule has 1 aromatic heterocycles. The van der Waals surface area contributed by atoms with Crippen LogP contribution in [0.2, 0.25) is 0 Å². The molecular formula is C21H24N2O2S. The lowest BCUT2D eigenvalue weighted by molar-refractivity contribution is -0.130. The maximum atomic E-state index is 12.8. The second-order valence-corrected chi connectivity index (χ2v) is 7.87. The molecule has 0 saturated carbocycles. The van der Waals surface area contributed by atoms with Gasteiger partial charge in [-0.1, -0.05) is 44.2 Å². The Hall–Kier alpha value is -2.40. The fourth-order valence-electron chi connectivity index (χ4n) is 3.36. The lowest BCUT2D eigenvalue weighted by Crippen LogP contribution is -2.37. The number of benzene rings is 1. The first-order valence-electron chi connectivity index (χ1n) is 8.86. The monoisotopic (exact) mass is 368 g/mol. The van der Waals surface area contributed by atoms with Crippen molar-refractivity contribution >= 4 is 29.2 Å². The minimum absolute atomic E-state index is 0.0114. The van der Waals surface area contributed by atoms with Crippen LogP contribution in [0.15, 0.2) is 48.0 Å². The molecule has 136 valence electrons. The van der Waals surface area contributed by atoms with Crippen LogP contribution < -0.4 is 5.32 Å². The third kappa shape index (κ3) is 3.88. The summed E-state index contributed by atoms with van der Waals surface area (Å²) >= 11 is 1.65. The zero-order chi connectivity index (χ0) is 18.7. The van der Waals surface area contributed by atoms with Gasteiger partial charge in [0.1, 0.15) is 0 Å². The molecule has 0 fully saturated rings. The number of thiophene rings is 1. The SMILES string of the molecule is CC(=O)N1C=Cc2ccccc2[C@@H]1CC(=O)N[C@H](c1cccs1)C(C)C. The highest BCUT2D eigenvalue weighted by molar-refractivity contribution is 7.10. The minimum Gasteiger partial charge on any atom is -0.348 e. The maximum absolute atomic E-state index is 12.8. The molecule has 1 aromatic carbocycles. The van der Waals surface area contributed by atoms with Gasteiger partial charge >= 0.3 is 0 Å². The molecule has 0 saturated heterocycles. The van der Waals surface area contributed by atoms with Crippen molar-refractivity contribution in [3.05, 3.63) is 64.0 Å². The summed E-state index contributed by atoms with van der Waals surface area (Å²) in [4.78, 5) is 27.7. The van der Waals surface area contributed by atoms with Gasteiger partial charge in [-0.2, -0.15) is 0 Å². The van der Waals surface area contributed by atoms with Gasteiger partial charge in [-0.3, -0.25) is 9.59 Å². The van der Waals surface area contributed by atoms with E-state index in [4.69, 9.17) is 0 Å². The Morgan fingerprint density at radius 1 is 1.19 bits per heavy atom. The zero-order valence-electron chi connectivity index (χ0n) is 15.3. The molecule has 1 aliphatic heterocycles. The Balaban J connectivity index is 1.80. The molecule has 2 atom stereocenters. The summed E-state index contributed by atoms with van der Waals surface area (Å²) in [7, 11) is 0. The highest BCUT2D eigenvalue weighted by atomic mass is 32.1. The molecule has 0 radical (unpaired) electrons. The van der Waals surface area contributed by atoms with Gasteiger partial charge in [-0.15, -0.1) is 11.3 Å². The zero-order valence-corrected chi connectivity index (χ0v) is 16.1. The molecule has 2 aromatic rings. The molecule has 1 N–H and O–H groups in total. The number of carbonyl (C=O) groups excluding carboxylic acids is 2. The Labute approximate surface area is 158 Å². The smallest absolute Gasteiger partial charge is 0.223 e. The summed E-state index contributed by atoms with van der Waals surface area (Å²) in [6.45, 7) is 5.74. The van der Waals surface area contributed by atoms with Crippen molar-refractivity contribution in [2.24, 2.45) is 5.92 Å². The van der Waals surface area contributed by atoms with Crippen LogP contribution in [-0.2, 0) is 9.59 Å². The van der Waals surface area contributed by atoms with Gasteiger partial charge in [0, 0.05) is 18.0 Å². The summed E-state index contributed by atoms with van der Waals surface area (Å²) in [6, 6.07) is 11.7. The molecule has 2 amide bonds. The lowest BCUT2D eigenvalue weighted by atomic mass is 9.93. The van der Waals surface area contributed by atoms with Gasteiger partial charge < -0.3 is 10.2 Å². The van der Waals surface area contributed by atoms with Crippen LogP contribution in [0.4, 0.5) is 0 Å². The molecule has 0 unspecified atom stereocenters. The predicted molar refractivity (Wildman–Crippen MR) is 105 cm³/mol. The molecular weight excluding hydrogens is 344 g/mol. The van der Waals surface area contributed by atoms with Crippen molar-refractivity contribution in [2.45, 2.75) is 39.3 Å². The normalized spacial score (nSPS) is 17.1. The van der Waals surface area contributed by atoms with Crippen molar-refractivity contribution in [3.63, 3.8) is 0 Å². The van der Waals surface area contributed by atoms with E-state index in [1.165, 1.54) is 6.92 Å². The average Bonchev–Trinajstić information content (AvgIpc) is 3.13. The van der Waals surface area contributed by atoms with Crippen LogP contribution in [0.25, 0.3) is 6.08 Å². The van der Waals surface area contributed by atoms with Gasteiger partial charge in [-0.05, 0) is 34.6 Å². The summed E-state index contributed by atoms with van der Waals surface area (Å²) in [5, 5.41) is 5.19. The Morgan fingerprint density at radius 2 is 1.96 bits per heavy atom. The first-order valence-corrected chi connectivity index (χ1v) is 9.74. The summed E-state index contributed by atoms with van der Waals surface area (Å²) in [6.07, 6.45) is 3.95. The lowest BCUT2D eigenvalue weighted by Gasteiger charge is -2.33. The van der Waals surface area contributed by atoms with Crippen molar-refractivity contribution < 1.29 is 9.59 Å². The van der Waals surface area contributed by atoms with E-state index >= 15 is 0 Å². The minimum atomic E-state index is -0.273. The molecule has 5 heteroatoms. The van der Waals surface area contributed by atoms with E-state index in [1.54, 1.807) is 22.4 Å². The standard InChI is InChI=1S/C21H24N2O2S/c1-14(2)21(19-9-6-12-26-19)22-20(25)13-18-17-8-5-4-7-16(17)10-11-23(18)15(3)24/h4-12,14,18,21H,13H2,1-3H3,(H,22,25)/t18-,21-/m0/s1. The molecule has 1 aliphatic rings. The number of nitrogens with zero attached hydrogens (tertiary/aromatic N) is 1. The summed E-state index contributed by atoms with van der Waals surface area (Å²) in [5.74, 6) is 0.186. The maximum Gasteiger partial charge on any atom is 0.223 e. The van der Waals surface area contributed by atoms with Gasteiger partial charge in [0.2, 0.25) is 11.8 Å². The largest absolute Gasteiger partial charge is 0.348 e. The van der Waals surface area contributed by atoms with Gasteiger partial charge in [0.25, 0.3) is 0 Å². The van der Waals surface area contributed by atoms with Crippen LogP contribution in [0.5, 0.6) is 0 Å². The molecule has 0 aliphatic carbocycles. The van der Waals surface area contributed by atoms with Gasteiger partial charge in [-0.25, -0.2) is 0 Å². The van der Waals surface area contributed by atoms with Crippen LogP contribution >= 0.6 is 11.3 Å². The average molecular weight is 369 g/mol. The van der Waals surface area contributed by atoms with Crippen molar-refractivity contribution in [3.8, 4) is 0 Å². The van der Waals surface area contributed by atoms with E-state index in [1.807, 2.05) is 41.8 Å². The Morgan fingerprint density at radius 3 is 2.62 bits per heavy atom. The Kier molecular flexibility index (Phi) is 5.57. The van der Waals surface area contributed by atoms with Gasteiger partial charge in [0.05, 0.1) is 18.5 Å². The summed E-state index contributed by atoms with van der Waals surface area (Å²) < 4.78 is 0. The highest BCUT2D eigenvalue weighted by Crippen LogP contribution is 2.33. The fourth-order valence-corrected chi connectivity index (χ4v) is 4.30. The molecule has 3 rings (SSSR count). The van der Waals surface area contributed by atoms with Crippen LogP contribution in [0, 0.1) is 5.92 Å². The first-order chi connectivity index (χ1) is 12.5. The van der Waals surface area contributed by atoms with Crippen LogP contribution in [0.1, 0.15) is 55.3 Å². The third-order valence-electron chi connectivity index (χ3n) is 4.68. The molecule has 2 heterocycles. The van der Waals surface area contributed by atoms with Crippen LogP contribution in [-0.4, -0.2) is 16.7 Å². The molecule has 0 bridgehead atoms. The first kappa shape index (κ1) is 18.4. The number of rotatable bonds is 5. The molecule has 0 spiro atoms. The summed E-state index contributed by atoms with van der Waals surface area (Å²) in [5.41, 5.74) is 2.07. The van der Waals surface area contributed by atoms with Gasteiger partial charge in [0.15, 0.2) is 0 Å². The highest BCUT2D eigenvalue weighted by Gasteiger charge is 2.29. The number of amides is 2. The number of hydrogen-bond acceptors (Lipinski definition) is 3. The fraction of sp³-hybridized carbons (Fsp3) is 0.333. The van der Waals surface area contributed by atoms with E-state index in [2.05, 4.69) is 25.2 Å².